The van der Waals surface area contributed by atoms with Crippen molar-refractivity contribution in [1.29, 1.82) is 0 Å². The number of hydrogen-bond acceptors (Lipinski definition) is 4. The van der Waals surface area contributed by atoms with Crippen LogP contribution in [0.15, 0.2) is 24.3 Å². The van der Waals surface area contributed by atoms with Gasteiger partial charge in [-0.1, -0.05) is 18.2 Å². The number of nitrogens with zero attached hydrogens (tertiary/aromatic N) is 1. The summed E-state index contributed by atoms with van der Waals surface area (Å²) in [7, 11) is 1.67. The number of likely N-dealkylation sites (tertiary alicyclic amines) is 1. The first-order valence-corrected chi connectivity index (χ1v) is 7.73. The minimum absolute atomic E-state index is 0.0143. The zero-order chi connectivity index (χ0) is 17.6. The van der Waals surface area contributed by atoms with Crippen LogP contribution in [0.2, 0.25) is 0 Å². The van der Waals surface area contributed by atoms with E-state index in [1.54, 1.807) is 13.2 Å². The van der Waals surface area contributed by atoms with Crippen LogP contribution in [-0.4, -0.2) is 50.0 Å². The fraction of sp³-hybridized carbons (Fsp3) is 0.562. The Morgan fingerprint density at radius 2 is 1.96 bits per heavy atom. The van der Waals surface area contributed by atoms with Crippen LogP contribution in [0.25, 0.3) is 0 Å². The topological polar surface area (TPSA) is 50.8 Å². The Morgan fingerprint density at radius 3 is 2.58 bits per heavy atom. The van der Waals surface area contributed by atoms with E-state index in [9.17, 15) is 18.0 Å². The second-order valence-electron chi connectivity index (χ2n) is 5.64. The molecule has 2 rings (SSSR count). The Bertz CT molecular complexity index is 544. The summed E-state index contributed by atoms with van der Waals surface area (Å²) in [5.74, 6) is -0.529. The minimum Gasteiger partial charge on any atom is -0.405 e. The molecular weight excluding hydrogens is 325 g/mol. The van der Waals surface area contributed by atoms with Crippen LogP contribution in [0.1, 0.15) is 18.4 Å². The average molecular weight is 346 g/mol. The van der Waals surface area contributed by atoms with E-state index in [0.717, 1.165) is 25.9 Å². The van der Waals surface area contributed by atoms with Gasteiger partial charge in [-0.15, -0.1) is 13.2 Å². The van der Waals surface area contributed by atoms with Crippen molar-refractivity contribution in [3.8, 4) is 5.75 Å². The minimum atomic E-state index is -4.76. The number of para-hydroxylation sites is 1. The van der Waals surface area contributed by atoms with Gasteiger partial charge in [-0.2, -0.15) is 0 Å². The van der Waals surface area contributed by atoms with Crippen molar-refractivity contribution in [3.05, 3.63) is 29.8 Å². The number of carbonyl (C=O) groups excluding carboxylic acids is 1. The van der Waals surface area contributed by atoms with Crippen LogP contribution in [0.5, 0.6) is 5.75 Å². The first kappa shape index (κ1) is 18.5. The monoisotopic (exact) mass is 346 g/mol. The number of nitrogens with one attached hydrogen (secondary N) is 1. The number of alkyl halides is 3. The maximum absolute atomic E-state index is 12.4. The number of hydrogen-bond donors (Lipinski definition) is 1. The van der Waals surface area contributed by atoms with Crippen LogP contribution in [-0.2, 0) is 16.1 Å². The van der Waals surface area contributed by atoms with E-state index < -0.39 is 6.36 Å². The Kier molecular flexibility index (Phi) is 6.44. The summed E-state index contributed by atoms with van der Waals surface area (Å²) in [6, 6.07) is 5.77. The molecule has 0 spiro atoms. The quantitative estimate of drug-likeness (QED) is 0.859. The fourth-order valence-electron chi connectivity index (χ4n) is 2.63. The molecule has 5 nitrogen and oxygen atoms in total. The highest BCUT2D eigenvalue weighted by Crippen LogP contribution is 2.26. The Labute approximate surface area is 138 Å². The molecule has 1 fully saturated rings. The zero-order valence-electron chi connectivity index (χ0n) is 13.4. The van der Waals surface area contributed by atoms with Gasteiger partial charge in [0.1, 0.15) is 5.75 Å². The fourth-order valence-corrected chi connectivity index (χ4v) is 2.63. The number of methoxy groups -OCH3 is 1. The Morgan fingerprint density at radius 1 is 1.29 bits per heavy atom. The van der Waals surface area contributed by atoms with Gasteiger partial charge in [-0.05, 0) is 18.9 Å². The van der Waals surface area contributed by atoms with E-state index >= 15 is 0 Å². The highest BCUT2D eigenvalue weighted by atomic mass is 19.4. The van der Waals surface area contributed by atoms with Gasteiger partial charge >= 0.3 is 6.36 Å². The first-order chi connectivity index (χ1) is 11.4. The van der Waals surface area contributed by atoms with E-state index in [0.29, 0.717) is 0 Å². The molecule has 0 aliphatic carbocycles. The van der Waals surface area contributed by atoms with Crippen molar-refractivity contribution < 1.29 is 27.4 Å². The summed E-state index contributed by atoms with van der Waals surface area (Å²) in [4.78, 5) is 14.0. The lowest BCUT2D eigenvalue weighted by molar-refractivity contribution is -0.274. The van der Waals surface area contributed by atoms with E-state index in [4.69, 9.17) is 4.74 Å². The highest BCUT2D eigenvalue weighted by molar-refractivity contribution is 5.78. The molecule has 0 aromatic heterocycles. The van der Waals surface area contributed by atoms with Crippen LogP contribution < -0.4 is 10.1 Å². The van der Waals surface area contributed by atoms with Crippen LogP contribution in [0.4, 0.5) is 13.2 Å². The maximum atomic E-state index is 12.4. The predicted octanol–water partition coefficient (Wildman–Crippen LogP) is 2.31. The van der Waals surface area contributed by atoms with Gasteiger partial charge in [0.05, 0.1) is 12.6 Å². The number of amides is 1. The maximum Gasteiger partial charge on any atom is 0.573 e. The summed E-state index contributed by atoms with van der Waals surface area (Å²) < 4.78 is 46.3. The van der Waals surface area contributed by atoms with E-state index in [1.807, 2.05) is 4.90 Å². The van der Waals surface area contributed by atoms with E-state index in [-0.39, 0.29) is 36.4 Å². The van der Waals surface area contributed by atoms with Gasteiger partial charge in [0.25, 0.3) is 0 Å². The van der Waals surface area contributed by atoms with E-state index in [2.05, 4.69) is 10.1 Å². The van der Waals surface area contributed by atoms with Crippen LogP contribution in [0.3, 0.4) is 0 Å². The predicted molar refractivity (Wildman–Crippen MR) is 81.4 cm³/mol. The smallest absolute Gasteiger partial charge is 0.405 e. The van der Waals surface area contributed by atoms with Crippen LogP contribution in [0, 0.1) is 0 Å². The van der Waals surface area contributed by atoms with Crippen molar-refractivity contribution in [1.82, 2.24) is 10.2 Å². The molecule has 0 radical (unpaired) electrons. The molecule has 1 aromatic rings. The molecule has 1 heterocycles. The van der Waals surface area contributed by atoms with E-state index in [1.165, 1.54) is 18.2 Å². The number of rotatable bonds is 6. The molecule has 1 amide bonds. The molecule has 1 saturated heterocycles. The molecule has 0 unspecified atom stereocenters. The second-order valence-corrected chi connectivity index (χ2v) is 5.64. The summed E-state index contributed by atoms with van der Waals surface area (Å²) in [6.45, 7) is 1.73. The summed E-state index contributed by atoms with van der Waals surface area (Å²) in [5.41, 5.74) is 0.279. The van der Waals surface area contributed by atoms with Crippen molar-refractivity contribution in [2.24, 2.45) is 0 Å². The third-order valence-electron chi connectivity index (χ3n) is 3.91. The molecule has 1 N–H and O–H groups in total. The van der Waals surface area contributed by atoms with Gasteiger partial charge in [0, 0.05) is 32.3 Å². The normalized spacial score (nSPS) is 16.8. The SMILES string of the molecule is COC1CCN(CC(=O)NCc2ccccc2OC(F)(F)F)CC1. The lowest BCUT2D eigenvalue weighted by Gasteiger charge is -2.30. The zero-order valence-corrected chi connectivity index (χ0v) is 13.4. The number of ether oxygens (including phenoxy) is 2. The lowest BCUT2D eigenvalue weighted by Crippen LogP contribution is -2.42. The molecule has 1 aromatic carbocycles. The molecule has 0 saturated carbocycles. The van der Waals surface area contributed by atoms with Crippen molar-refractivity contribution in [2.45, 2.75) is 31.9 Å². The summed E-state index contributed by atoms with van der Waals surface area (Å²) in [6.07, 6.45) is -2.79. The number of benzene rings is 1. The molecule has 8 heteroatoms. The molecule has 1 aliphatic rings. The van der Waals surface area contributed by atoms with Gasteiger partial charge < -0.3 is 14.8 Å². The Balaban J connectivity index is 1.82. The third-order valence-corrected chi connectivity index (χ3v) is 3.91. The number of piperidine rings is 1. The van der Waals surface area contributed by atoms with Crippen molar-refractivity contribution in [2.75, 3.05) is 26.7 Å². The molecule has 0 bridgehead atoms. The van der Waals surface area contributed by atoms with Gasteiger partial charge in [-0.25, -0.2) is 0 Å². The van der Waals surface area contributed by atoms with Gasteiger partial charge in [0.2, 0.25) is 5.91 Å². The Hall–Kier alpha value is -1.80. The number of carbonyl (C=O) groups is 1. The largest absolute Gasteiger partial charge is 0.573 e. The summed E-state index contributed by atoms with van der Waals surface area (Å²) in [5, 5.41) is 2.64. The average Bonchev–Trinajstić information content (AvgIpc) is 2.53. The molecule has 0 atom stereocenters. The van der Waals surface area contributed by atoms with Gasteiger partial charge in [-0.3, -0.25) is 9.69 Å². The number of halogens is 3. The molecular formula is C16H21F3N2O3. The summed E-state index contributed by atoms with van der Waals surface area (Å²) >= 11 is 0. The molecule has 24 heavy (non-hydrogen) atoms. The van der Waals surface area contributed by atoms with Crippen LogP contribution >= 0.6 is 0 Å². The van der Waals surface area contributed by atoms with Gasteiger partial charge in [0.15, 0.2) is 0 Å². The standard InChI is InChI=1S/C16H21F3N2O3/c1-23-13-6-8-21(9-7-13)11-15(22)20-10-12-4-2-3-5-14(12)24-16(17,18)19/h2-5,13H,6-11H2,1H3,(H,20,22). The third kappa shape index (κ3) is 6.01. The van der Waals surface area contributed by atoms with Crippen molar-refractivity contribution >= 4 is 5.91 Å². The molecule has 1 aliphatic heterocycles. The first-order valence-electron chi connectivity index (χ1n) is 7.73. The molecule has 134 valence electrons. The lowest BCUT2D eigenvalue weighted by atomic mass is 10.1. The van der Waals surface area contributed by atoms with Crippen molar-refractivity contribution in [3.63, 3.8) is 0 Å². The highest BCUT2D eigenvalue weighted by Gasteiger charge is 2.32. The second kappa shape index (κ2) is 8.34.